The number of carbonyl (C=O) groups is 3. The SMILES string of the molecule is O=C([O-])CCCCN1C(=O)N[C@H]2NC(=O)N[C@@H]21. The van der Waals surface area contributed by atoms with Crippen LogP contribution in [0.2, 0.25) is 0 Å². The van der Waals surface area contributed by atoms with Gasteiger partial charge in [-0.1, -0.05) is 0 Å². The minimum absolute atomic E-state index is 0.0197. The summed E-state index contributed by atoms with van der Waals surface area (Å²) in [5, 5.41) is 18.0. The summed E-state index contributed by atoms with van der Waals surface area (Å²) in [6, 6.07) is -0.583. The number of nitrogens with zero attached hydrogens (tertiary/aromatic N) is 1. The highest BCUT2D eigenvalue weighted by Gasteiger charge is 2.44. The Labute approximate surface area is 97.3 Å². The molecule has 2 rings (SSSR count). The number of hydrogen-bond donors (Lipinski definition) is 3. The van der Waals surface area contributed by atoms with Crippen LogP contribution in [0, 0.1) is 0 Å². The van der Waals surface area contributed by atoms with Crippen molar-refractivity contribution >= 4 is 18.0 Å². The molecule has 8 heteroatoms. The van der Waals surface area contributed by atoms with Crippen molar-refractivity contribution in [3.05, 3.63) is 0 Å². The molecular weight excluding hydrogens is 228 g/mol. The fourth-order valence-electron chi connectivity index (χ4n) is 1.99. The summed E-state index contributed by atoms with van der Waals surface area (Å²) in [6.45, 7) is 0.405. The van der Waals surface area contributed by atoms with E-state index in [1.54, 1.807) is 0 Å². The topological polar surface area (TPSA) is 114 Å². The molecule has 0 bridgehead atoms. The average Bonchev–Trinajstić information content (AvgIpc) is 2.69. The summed E-state index contributed by atoms with van der Waals surface area (Å²) < 4.78 is 0. The first-order valence-electron chi connectivity index (χ1n) is 5.42. The van der Waals surface area contributed by atoms with Crippen molar-refractivity contribution in [3.8, 4) is 0 Å². The molecule has 0 spiro atoms. The first-order valence-corrected chi connectivity index (χ1v) is 5.42. The van der Waals surface area contributed by atoms with Gasteiger partial charge in [-0.05, 0) is 19.3 Å². The van der Waals surface area contributed by atoms with Crippen molar-refractivity contribution in [2.24, 2.45) is 0 Å². The van der Waals surface area contributed by atoms with Crippen molar-refractivity contribution in [2.45, 2.75) is 31.6 Å². The number of urea groups is 2. The van der Waals surface area contributed by atoms with E-state index < -0.39 is 18.3 Å². The molecule has 0 aromatic carbocycles. The van der Waals surface area contributed by atoms with E-state index in [-0.39, 0.29) is 18.5 Å². The van der Waals surface area contributed by atoms with Crippen molar-refractivity contribution in [3.63, 3.8) is 0 Å². The lowest BCUT2D eigenvalue weighted by Crippen LogP contribution is -2.43. The number of unbranched alkanes of at least 4 members (excludes halogenated alkanes) is 1. The molecule has 0 radical (unpaired) electrons. The maximum Gasteiger partial charge on any atom is 0.320 e. The molecule has 17 heavy (non-hydrogen) atoms. The summed E-state index contributed by atoms with van der Waals surface area (Å²) in [5.74, 6) is -1.09. The van der Waals surface area contributed by atoms with Gasteiger partial charge in [-0.3, -0.25) is 0 Å². The molecular formula is C9H13N4O4-. The van der Waals surface area contributed by atoms with Gasteiger partial charge >= 0.3 is 12.1 Å². The second kappa shape index (κ2) is 4.48. The van der Waals surface area contributed by atoms with Crippen LogP contribution in [0.15, 0.2) is 0 Å². The standard InChI is InChI=1S/C9H14N4O4/c14-5(15)3-1-2-4-13-7-6(11-9(13)17)10-8(16)12-7/h6-7H,1-4H2,(H,11,17)(H,14,15)(H2,10,12,16)/p-1/t6-,7-/m1/s1. The van der Waals surface area contributed by atoms with E-state index in [1.165, 1.54) is 4.90 Å². The van der Waals surface area contributed by atoms with Gasteiger partial charge in [0, 0.05) is 12.5 Å². The third kappa shape index (κ3) is 2.40. The molecule has 8 nitrogen and oxygen atoms in total. The van der Waals surface area contributed by atoms with E-state index in [9.17, 15) is 19.5 Å². The molecule has 2 aliphatic rings. The van der Waals surface area contributed by atoms with Crippen molar-refractivity contribution < 1.29 is 19.5 Å². The van der Waals surface area contributed by atoms with E-state index in [1.807, 2.05) is 0 Å². The lowest BCUT2D eigenvalue weighted by atomic mass is 10.2. The van der Waals surface area contributed by atoms with Crippen LogP contribution in [0.3, 0.4) is 0 Å². The van der Waals surface area contributed by atoms with Crippen LogP contribution in [0.4, 0.5) is 9.59 Å². The third-order valence-electron chi connectivity index (χ3n) is 2.79. The van der Waals surface area contributed by atoms with Gasteiger partial charge in [0.2, 0.25) is 0 Å². The number of aliphatic carboxylic acids is 1. The van der Waals surface area contributed by atoms with Gasteiger partial charge in [0.25, 0.3) is 0 Å². The fourth-order valence-corrected chi connectivity index (χ4v) is 1.99. The Morgan fingerprint density at radius 2 is 2.00 bits per heavy atom. The quantitative estimate of drug-likeness (QED) is 0.478. The Morgan fingerprint density at radius 3 is 2.71 bits per heavy atom. The van der Waals surface area contributed by atoms with E-state index >= 15 is 0 Å². The van der Waals surface area contributed by atoms with Gasteiger partial charge in [0.15, 0.2) is 0 Å². The number of hydrogen-bond acceptors (Lipinski definition) is 4. The van der Waals surface area contributed by atoms with Crippen molar-refractivity contribution in [2.75, 3.05) is 6.54 Å². The van der Waals surface area contributed by atoms with Crippen LogP contribution in [0.5, 0.6) is 0 Å². The first-order chi connectivity index (χ1) is 8.08. The van der Waals surface area contributed by atoms with E-state index in [2.05, 4.69) is 16.0 Å². The molecule has 2 atom stereocenters. The van der Waals surface area contributed by atoms with Gasteiger partial charge in [-0.2, -0.15) is 0 Å². The number of rotatable bonds is 5. The predicted molar refractivity (Wildman–Crippen MR) is 53.3 cm³/mol. The van der Waals surface area contributed by atoms with Crippen LogP contribution in [-0.4, -0.2) is 41.8 Å². The largest absolute Gasteiger partial charge is 0.550 e. The van der Waals surface area contributed by atoms with Crippen LogP contribution in [-0.2, 0) is 4.79 Å². The van der Waals surface area contributed by atoms with Crippen LogP contribution in [0.25, 0.3) is 0 Å². The first kappa shape index (κ1) is 11.5. The van der Waals surface area contributed by atoms with Gasteiger partial charge in [-0.25, -0.2) is 9.59 Å². The Bertz CT molecular complexity index is 359. The second-order valence-electron chi connectivity index (χ2n) is 4.01. The highest BCUT2D eigenvalue weighted by molar-refractivity contribution is 5.84. The monoisotopic (exact) mass is 241 g/mol. The Kier molecular flexibility index (Phi) is 3.03. The van der Waals surface area contributed by atoms with Crippen molar-refractivity contribution in [1.29, 1.82) is 0 Å². The Hall–Kier alpha value is -1.99. The molecule has 0 aromatic rings. The maximum absolute atomic E-state index is 11.5. The van der Waals surface area contributed by atoms with E-state index in [4.69, 9.17) is 0 Å². The maximum atomic E-state index is 11.5. The predicted octanol–water partition coefficient (Wildman–Crippen LogP) is -2.10. The lowest BCUT2D eigenvalue weighted by Gasteiger charge is -2.20. The van der Waals surface area contributed by atoms with Crippen molar-refractivity contribution in [1.82, 2.24) is 20.9 Å². The van der Waals surface area contributed by atoms with Crippen LogP contribution < -0.4 is 21.1 Å². The highest BCUT2D eigenvalue weighted by Crippen LogP contribution is 2.14. The highest BCUT2D eigenvalue weighted by atomic mass is 16.4. The number of carboxylic acid groups (broad SMARTS) is 1. The molecule has 0 aromatic heterocycles. The Balaban J connectivity index is 1.81. The Morgan fingerprint density at radius 1 is 1.24 bits per heavy atom. The minimum atomic E-state index is -1.09. The average molecular weight is 241 g/mol. The number of fused-ring (bicyclic) bond motifs is 1. The summed E-state index contributed by atoms with van der Waals surface area (Å²) in [4.78, 5) is 34.3. The molecule has 4 amide bonds. The molecule has 0 saturated carbocycles. The zero-order valence-corrected chi connectivity index (χ0v) is 9.06. The van der Waals surface area contributed by atoms with E-state index in [0.717, 1.165) is 0 Å². The second-order valence-corrected chi connectivity index (χ2v) is 4.01. The zero-order valence-electron chi connectivity index (χ0n) is 9.06. The molecule has 2 aliphatic heterocycles. The molecule has 94 valence electrons. The number of carboxylic acids is 1. The summed E-state index contributed by atoms with van der Waals surface area (Å²) in [5.41, 5.74) is 0. The summed E-state index contributed by atoms with van der Waals surface area (Å²) in [6.07, 6.45) is 0.189. The molecule has 3 N–H and O–H groups in total. The normalized spacial score (nSPS) is 26.2. The number of amides is 4. The van der Waals surface area contributed by atoms with Gasteiger partial charge in [0.1, 0.15) is 12.3 Å². The van der Waals surface area contributed by atoms with Gasteiger partial charge in [0.05, 0.1) is 0 Å². The molecule has 2 saturated heterocycles. The molecule has 0 unspecified atom stereocenters. The third-order valence-corrected chi connectivity index (χ3v) is 2.79. The molecule has 2 fully saturated rings. The lowest BCUT2D eigenvalue weighted by molar-refractivity contribution is -0.305. The van der Waals surface area contributed by atoms with Gasteiger partial charge in [-0.15, -0.1) is 0 Å². The number of nitrogens with one attached hydrogen (secondary N) is 3. The fraction of sp³-hybridized carbons (Fsp3) is 0.667. The van der Waals surface area contributed by atoms with Crippen LogP contribution >= 0.6 is 0 Å². The summed E-state index contributed by atoms with van der Waals surface area (Å²) in [7, 11) is 0. The molecule has 0 aliphatic carbocycles. The summed E-state index contributed by atoms with van der Waals surface area (Å²) >= 11 is 0. The molecule has 2 heterocycles. The van der Waals surface area contributed by atoms with E-state index in [0.29, 0.717) is 19.4 Å². The van der Waals surface area contributed by atoms with Gasteiger partial charge < -0.3 is 30.8 Å². The smallest absolute Gasteiger partial charge is 0.320 e. The zero-order chi connectivity index (χ0) is 12.4. The van der Waals surface area contributed by atoms with Crippen LogP contribution in [0.1, 0.15) is 19.3 Å². The minimum Gasteiger partial charge on any atom is -0.550 e. The number of carbonyl (C=O) groups excluding carboxylic acids is 3.